The van der Waals surface area contributed by atoms with Crippen molar-refractivity contribution in [3.05, 3.63) is 29.3 Å². The maximum atomic E-state index is 12.8. The Kier molecular flexibility index (Phi) is 5.77. The Bertz CT molecular complexity index is 585. The molecule has 0 radical (unpaired) electrons. The summed E-state index contributed by atoms with van der Waals surface area (Å²) in [5.74, 6) is 0. The van der Waals surface area contributed by atoms with Crippen LogP contribution in [0.25, 0.3) is 0 Å². The van der Waals surface area contributed by atoms with Gasteiger partial charge in [0.15, 0.2) is 0 Å². The van der Waals surface area contributed by atoms with E-state index < -0.39 is 32.8 Å². The molecule has 4 nitrogen and oxygen atoms in total. The number of aliphatic hydroxyl groups is 1. The number of aliphatic hydroxyl groups excluding tert-OH is 1. The SMILES string of the molecule is CCC(O)CCNS(=O)(=O)c1ccc(C)c(C(F)(F)F)c1. The van der Waals surface area contributed by atoms with Crippen LogP contribution >= 0.6 is 0 Å². The lowest BCUT2D eigenvalue weighted by Gasteiger charge is -2.13. The zero-order valence-electron chi connectivity index (χ0n) is 11.7. The van der Waals surface area contributed by atoms with Crippen molar-refractivity contribution in [1.29, 1.82) is 0 Å². The smallest absolute Gasteiger partial charge is 0.393 e. The average molecular weight is 325 g/mol. The van der Waals surface area contributed by atoms with Crippen molar-refractivity contribution < 1.29 is 26.7 Å². The number of alkyl halides is 3. The molecule has 0 bridgehead atoms. The van der Waals surface area contributed by atoms with E-state index in [2.05, 4.69) is 4.72 Å². The van der Waals surface area contributed by atoms with Crippen LogP contribution in [0.3, 0.4) is 0 Å². The van der Waals surface area contributed by atoms with E-state index in [1.54, 1.807) is 6.92 Å². The summed E-state index contributed by atoms with van der Waals surface area (Å²) in [5.41, 5.74) is -1.01. The summed E-state index contributed by atoms with van der Waals surface area (Å²) >= 11 is 0. The van der Waals surface area contributed by atoms with Crippen LogP contribution in [0.2, 0.25) is 0 Å². The van der Waals surface area contributed by atoms with Gasteiger partial charge in [0.2, 0.25) is 10.0 Å². The lowest BCUT2D eigenvalue weighted by atomic mass is 10.1. The highest BCUT2D eigenvalue weighted by Crippen LogP contribution is 2.33. The van der Waals surface area contributed by atoms with Crippen molar-refractivity contribution in [3.63, 3.8) is 0 Å². The molecule has 2 N–H and O–H groups in total. The highest BCUT2D eigenvalue weighted by molar-refractivity contribution is 7.89. The van der Waals surface area contributed by atoms with Gasteiger partial charge in [0, 0.05) is 6.54 Å². The molecule has 0 fully saturated rings. The molecule has 0 spiro atoms. The van der Waals surface area contributed by atoms with Gasteiger partial charge in [-0.25, -0.2) is 13.1 Å². The van der Waals surface area contributed by atoms with Crippen LogP contribution in [-0.2, 0) is 16.2 Å². The molecule has 0 aliphatic rings. The standard InChI is InChI=1S/C13H18F3NO3S/c1-3-10(18)6-7-17-21(19,20)11-5-4-9(2)12(8-11)13(14,15)16/h4-5,8,10,17-18H,3,6-7H2,1-2H3. The number of aryl methyl sites for hydroxylation is 1. The maximum Gasteiger partial charge on any atom is 0.416 e. The van der Waals surface area contributed by atoms with Crippen molar-refractivity contribution in [2.75, 3.05) is 6.54 Å². The Morgan fingerprint density at radius 3 is 2.48 bits per heavy atom. The van der Waals surface area contributed by atoms with Crippen molar-refractivity contribution in [2.45, 2.75) is 43.9 Å². The molecule has 21 heavy (non-hydrogen) atoms. The molecule has 120 valence electrons. The van der Waals surface area contributed by atoms with Crippen LogP contribution in [-0.4, -0.2) is 26.2 Å². The van der Waals surface area contributed by atoms with Crippen molar-refractivity contribution in [2.24, 2.45) is 0 Å². The summed E-state index contributed by atoms with van der Waals surface area (Å²) in [6, 6.07) is 2.87. The molecule has 0 aliphatic heterocycles. The molecule has 0 saturated heterocycles. The van der Waals surface area contributed by atoms with Gasteiger partial charge in [-0.2, -0.15) is 13.2 Å². The lowest BCUT2D eigenvalue weighted by Crippen LogP contribution is -2.27. The predicted molar refractivity (Wildman–Crippen MR) is 72.3 cm³/mol. The first-order chi connectivity index (χ1) is 9.58. The van der Waals surface area contributed by atoms with E-state index in [4.69, 9.17) is 0 Å². The second-order valence-electron chi connectivity index (χ2n) is 4.72. The van der Waals surface area contributed by atoms with Gasteiger partial charge in [-0.15, -0.1) is 0 Å². The predicted octanol–water partition coefficient (Wildman–Crippen LogP) is 2.45. The Morgan fingerprint density at radius 2 is 1.95 bits per heavy atom. The summed E-state index contributed by atoms with van der Waals surface area (Å²) < 4.78 is 64.4. The van der Waals surface area contributed by atoms with Crippen LogP contribution in [0.4, 0.5) is 13.2 Å². The molecule has 1 rings (SSSR count). The van der Waals surface area contributed by atoms with Crippen LogP contribution in [0.15, 0.2) is 23.1 Å². The first-order valence-electron chi connectivity index (χ1n) is 6.43. The van der Waals surface area contributed by atoms with E-state index in [1.807, 2.05) is 0 Å². The van der Waals surface area contributed by atoms with Gasteiger partial charge in [0.25, 0.3) is 0 Å². The summed E-state index contributed by atoms with van der Waals surface area (Å²) in [7, 11) is -4.02. The van der Waals surface area contributed by atoms with Gasteiger partial charge >= 0.3 is 6.18 Å². The molecular formula is C13H18F3NO3S. The Labute approximate surface area is 122 Å². The largest absolute Gasteiger partial charge is 0.416 e. The molecular weight excluding hydrogens is 307 g/mol. The van der Waals surface area contributed by atoms with Gasteiger partial charge in [0.1, 0.15) is 0 Å². The molecule has 1 atom stereocenters. The monoisotopic (exact) mass is 325 g/mol. The highest BCUT2D eigenvalue weighted by Gasteiger charge is 2.33. The molecule has 0 heterocycles. The molecule has 8 heteroatoms. The quantitative estimate of drug-likeness (QED) is 0.844. The fourth-order valence-electron chi connectivity index (χ4n) is 1.72. The third-order valence-electron chi connectivity index (χ3n) is 3.07. The van der Waals surface area contributed by atoms with E-state index in [-0.39, 0.29) is 18.5 Å². The van der Waals surface area contributed by atoms with E-state index in [0.29, 0.717) is 12.5 Å². The normalized spacial score (nSPS) is 14.2. The Balaban J connectivity index is 2.94. The van der Waals surface area contributed by atoms with Crippen LogP contribution < -0.4 is 4.72 Å². The zero-order valence-corrected chi connectivity index (χ0v) is 12.6. The van der Waals surface area contributed by atoms with Gasteiger partial charge in [-0.1, -0.05) is 13.0 Å². The summed E-state index contributed by atoms with van der Waals surface area (Å²) in [4.78, 5) is -0.439. The van der Waals surface area contributed by atoms with E-state index in [0.717, 1.165) is 12.1 Å². The van der Waals surface area contributed by atoms with Crippen molar-refractivity contribution >= 4 is 10.0 Å². The number of hydrogen-bond acceptors (Lipinski definition) is 3. The highest BCUT2D eigenvalue weighted by atomic mass is 32.2. The molecule has 1 aromatic rings. The Morgan fingerprint density at radius 1 is 1.33 bits per heavy atom. The van der Waals surface area contributed by atoms with E-state index in [9.17, 15) is 26.7 Å². The Hall–Kier alpha value is -1.12. The second-order valence-corrected chi connectivity index (χ2v) is 6.49. The molecule has 0 aromatic heterocycles. The van der Waals surface area contributed by atoms with Crippen molar-refractivity contribution in [3.8, 4) is 0 Å². The average Bonchev–Trinajstić information content (AvgIpc) is 2.37. The van der Waals surface area contributed by atoms with Crippen molar-refractivity contribution in [1.82, 2.24) is 4.72 Å². The van der Waals surface area contributed by atoms with Crippen LogP contribution in [0.1, 0.15) is 30.9 Å². The van der Waals surface area contributed by atoms with Gasteiger partial charge in [-0.05, 0) is 37.5 Å². The zero-order chi connectivity index (χ0) is 16.3. The molecule has 1 unspecified atom stereocenters. The van der Waals surface area contributed by atoms with E-state index >= 15 is 0 Å². The topological polar surface area (TPSA) is 66.4 Å². The molecule has 1 aromatic carbocycles. The first-order valence-corrected chi connectivity index (χ1v) is 7.92. The van der Waals surface area contributed by atoms with Crippen LogP contribution in [0, 0.1) is 6.92 Å². The third-order valence-corrected chi connectivity index (χ3v) is 4.52. The van der Waals surface area contributed by atoms with Gasteiger partial charge in [0.05, 0.1) is 16.6 Å². The number of sulfonamides is 1. The fourth-order valence-corrected chi connectivity index (χ4v) is 2.79. The minimum absolute atomic E-state index is 0.0352. The first kappa shape index (κ1) is 17.9. The summed E-state index contributed by atoms with van der Waals surface area (Å²) in [6.45, 7) is 2.98. The summed E-state index contributed by atoms with van der Waals surface area (Å²) in [6.07, 6.45) is -4.57. The lowest BCUT2D eigenvalue weighted by molar-refractivity contribution is -0.138. The number of nitrogens with one attached hydrogen (secondary N) is 1. The number of halogens is 3. The number of benzene rings is 1. The number of rotatable bonds is 6. The third kappa shape index (κ3) is 4.98. The maximum absolute atomic E-state index is 12.8. The van der Waals surface area contributed by atoms with Crippen LogP contribution in [0.5, 0.6) is 0 Å². The molecule has 0 aliphatic carbocycles. The molecule has 0 amide bonds. The molecule has 0 saturated carbocycles. The summed E-state index contributed by atoms with van der Waals surface area (Å²) in [5, 5.41) is 9.33. The minimum Gasteiger partial charge on any atom is -0.393 e. The minimum atomic E-state index is -4.60. The van der Waals surface area contributed by atoms with Gasteiger partial charge in [-0.3, -0.25) is 0 Å². The fraction of sp³-hybridized carbons (Fsp3) is 0.538. The van der Waals surface area contributed by atoms with E-state index in [1.165, 1.54) is 6.92 Å². The van der Waals surface area contributed by atoms with Gasteiger partial charge < -0.3 is 5.11 Å². The number of hydrogen-bond donors (Lipinski definition) is 2. The second kappa shape index (κ2) is 6.76.